The van der Waals surface area contributed by atoms with Crippen LogP contribution in [0.4, 0.5) is 0 Å². The van der Waals surface area contributed by atoms with E-state index in [9.17, 15) is 0 Å². The second-order valence-corrected chi connectivity index (χ2v) is 6.31. The number of methoxy groups -OCH3 is 2. The van der Waals surface area contributed by atoms with E-state index in [0.29, 0.717) is 6.04 Å². The number of ether oxygens (including phenoxy) is 2. The smallest absolute Gasteiger partial charge is 0.169 e. The summed E-state index contributed by atoms with van der Waals surface area (Å²) in [6.07, 6.45) is 5.90. The van der Waals surface area contributed by atoms with Crippen molar-refractivity contribution in [1.29, 1.82) is 0 Å². The molecule has 0 amide bonds. The molecule has 23 heavy (non-hydrogen) atoms. The summed E-state index contributed by atoms with van der Waals surface area (Å²) in [6.45, 7) is 4.16. The third kappa shape index (κ3) is 4.74. The standard InChI is InChI=1S/C18H28N2O2S/c1-4-15-7-5-6-12-20(15)18(23)19-11-10-14-8-9-16(21-2)17(13-14)22-3/h8-9,13,15H,4-7,10-12H2,1-3H3,(H,19,23). The topological polar surface area (TPSA) is 33.7 Å². The largest absolute Gasteiger partial charge is 0.493 e. The van der Waals surface area contributed by atoms with E-state index in [-0.39, 0.29) is 0 Å². The van der Waals surface area contributed by atoms with Crippen LogP contribution in [0.1, 0.15) is 38.2 Å². The van der Waals surface area contributed by atoms with Gasteiger partial charge in [-0.25, -0.2) is 0 Å². The van der Waals surface area contributed by atoms with Crippen molar-refractivity contribution in [1.82, 2.24) is 10.2 Å². The molecule has 1 aliphatic heterocycles. The molecule has 1 atom stereocenters. The molecule has 1 aromatic rings. The molecular weight excluding hydrogens is 308 g/mol. The lowest BCUT2D eigenvalue weighted by Crippen LogP contribution is -2.48. The highest BCUT2D eigenvalue weighted by Gasteiger charge is 2.22. The van der Waals surface area contributed by atoms with Crippen LogP contribution in [0.2, 0.25) is 0 Å². The van der Waals surface area contributed by atoms with E-state index in [1.54, 1.807) is 14.2 Å². The van der Waals surface area contributed by atoms with Crippen LogP contribution >= 0.6 is 12.2 Å². The van der Waals surface area contributed by atoms with Gasteiger partial charge in [0.2, 0.25) is 0 Å². The van der Waals surface area contributed by atoms with Crippen LogP contribution in [0.3, 0.4) is 0 Å². The normalized spacial score (nSPS) is 17.7. The number of benzene rings is 1. The lowest BCUT2D eigenvalue weighted by molar-refractivity contribution is 0.233. The maximum atomic E-state index is 5.59. The van der Waals surface area contributed by atoms with Gasteiger partial charge in [-0.1, -0.05) is 13.0 Å². The van der Waals surface area contributed by atoms with Crippen molar-refractivity contribution in [2.45, 2.75) is 45.1 Å². The minimum atomic E-state index is 0.602. The van der Waals surface area contributed by atoms with Crippen molar-refractivity contribution in [3.05, 3.63) is 23.8 Å². The number of nitrogens with zero attached hydrogens (tertiary/aromatic N) is 1. The summed E-state index contributed by atoms with van der Waals surface area (Å²) in [6, 6.07) is 6.65. The summed E-state index contributed by atoms with van der Waals surface area (Å²) in [4.78, 5) is 2.37. The molecular formula is C18H28N2O2S. The van der Waals surface area contributed by atoms with Gasteiger partial charge in [-0.15, -0.1) is 0 Å². The second-order valence-electron chi connectivity index (χ2n) is 5.92. The zero-order valence-electron chi connectivity index (χ0n) is 14.4. The minimum absolute atomic E-state index is 0.602. The molecule has 0 radical (unpaired) electrons. The summed E-state index contributed by atoms with van der Waals surface area (Å²) in [5.41, 5.74) is 1.21. The Balaban J connectivity index is 1.85. The number of hydrogen-bond donors (Lipinski definition) is 1. The summed E-state index contributed by atoms with van der Waals surface area (Å²) in [5.74, 6) is 1.54. The molecule has 1 aliphatic rings. The van der Waals surface area contributed by atoms with Crippen molar-refractivity contribution in [3.63, 3.8) is 0 Å². The monoisotopic (exact) mass is 336 g/mol. The third-order valence-electron chi connectivity index (χ3n) is 4.50. The molecule has 1 heterocycles. The SMILES string of the molecule is CCC1CCCCN1C(=S)NCCc1ccc(OC)c(OC)c1. The quantitative estimate of drug-likeness (QED) is 0.806. The van der Waals surface area contributed by atoms with Crippen molar-refractivity contribution < 1.29 is 9.47 Å². The lowest BCUT2D eigenvalue weighted by Gasteiger charge is -2.37. The second kappa shape index (κ2) is 8.96. The zero-order chi connectivity index (χ0) is 16.7. The van der Waals surface area contributed by atoms with Crippen LogP contribution in [-0.4, -0.2) is 43.4 Å². The highest BCUT2D eigenvalue weighted by atomic mass is 32.1. The van der Waals surface area contributed by atoms with Crippen LogP contribution in [-0.2, 0) is 6.42 Å². The third-order valence-corrected chi connectivity index (χ3v) is 4.88. The number of piperidine rings is 1. The van der Waals surface area contributed by atoms with E-state index in [4.69, 9.17) is 21.7 Å². The van der Waals surface area contributed by atoms with Crippen LogP contribution in [0.5, 0.6) is 11.5 Å². The van der Waals surface area contributed by atoms with Gasteiger partial charge in [0.05, 0.1) is 14.2 Å². The summed E-state index contributed by atoms with van der Waals surface area (Å²) in [7, 11) is 3.32. The van der Waals surface area contributed by atoms with E-state index in [0.717, 1.165) is 42.5 Å². The molecule has 2 rings (SSSR count). The molecule has 0 saturated carbocycles. The first-order valence-corrected chi connectivity index (χ1v) is 8.85. The average molecular weight is 337 g/mol. The Morgan fingerprint density at radius 2 is 2.04 bits per heavy atom. The van der Waals surface area contributed by atoms with Gasteiger partial charge < -0.3 is 19.7 Å². The molecule has 0 spiro atoms. The van der Waals surface area contributed by atoms with Crippen LogP contribution in [0.15, 0.2) is 18.2 Å². The van der Waals surface area contributed by atoms with E-state index < -0.39 is 0 Å². The predicted molar refractivity (Wildman–Crippen MR) is 98.5 cm³/mol. The molecule has 1 N–H and O–H groups in total. The Morgan fingerprint density at radius 1 is 1.26 bits per heavy atom. The van der Waals surface area contributed by atoms with Crippen LogP contribution in [0, 0.1) is 0 Å². The predicted octanol–water partition coefficient (Wildman–Crippen LogP) is 3.39. The van der Waals surface area contributed by atoms with Gasteiger partial charge in [-0.05, 0) is 62.0 Å². The highest BCUT2D eigenvalue weighted by Crippen LogP contribution is 2.27. The van der Waals surface area contributed by atoms with Gasteiger partial charge in [0.1, 0.15) is 0 Å². The van der Waals surface area contributed by atoms with Gasteiger partial charge in [-0.2, -0.15) is 0 Å². The van der Waals surface area contributed by atoms with E-state index in [2.05, 4.69) is 23.2 Å². The van der Waals surface area contributed by atoms with Crippen molar-refractivity contribution in [2.75, 3.05) is 27.3 Å². The van der Waals surface area contributed by atoms with Crippen molar-refractivity contribution >= 4 is 17.3 Å². The Bertz CT molecular complexity index is 522. The Hall–Kier alpha value is -1.49. The minimum Gasteiger partial charge on any atom is -0.493 e. The number of hydrogen-bond acceptors (Lipinski definition) is 3. The molecule has 0 bridgehead atoms. The molecule has 1 unspecified atom stereocenters. The molecule has 5 heteroatoms. The molecule has 128 valence electrons. The fourth-order valence-electron chi connectivity index (χ4n) is 3.14. The molecule has 0 aliphatic carbocycles. The first-order chi connectivity index (χ1) is 11.2. The van der Waals surface area contributed by atoms with Crippen LogP contribution < -0.4 is 14.8 Å². The molecule has 0 aromatic heterocycles. The molecule has 4 nitrogen and oxygen atoms in total. The van der Waals surface area contributed by atoms with Gasteiger partial charge in [0, 0.05) is 19.1 Å². The maximum absolute atomic E-state index is 5.59. The Labute approximate surface area is 145 Å². The fourth-order valence-corrected chi connectivity index (χ4v) is 3.49. The number of rotatable bonds is 6. The van der Waals surface area contributed by atoms with E-state index >= 15 is 0 Å². The number of likely N-dealkylation sites (tertiary alicyclic amines) is 1. The molecule has 1 aromatic carbocycles. The Kier molecular flexibility index (Phi) is 6.96. The highest BCUT2D eigenvalue weighted by molar-refractivity contribution is 7.80. The fraction of sp³-hybridized carbons (Fsp3) is 0.611. The van der Waals surface area contributed by atoms with E-state index in [1.807, 2.05) is 12.1 Å². The maximum Gasteiger partial charge on any atom is 0.169 e. The van der Waals surface area contributed by atoms with Gasteiger partial charge in [-0.3, -0.25) is 0 Å². The van der Waals surface area contributed by atoms with Crippen LogP contribution in [0.25, 0.3) is 0 Å². The van der Waals surface area contributed by atoms with Gasteiger partial charge in [0.15, 0.2) is 16.6 Å². The molecule has 1 saturated heterocycles. The van der Waals surface area contributed by atoms with Gasteiger partial charge in [0.25, 0.3) is 0 Å². The first kappa shape index (κ1) is 17.9. The van der Waals surface area contributed by atoms with Crippen molar-refractivity contribution in [2.24, 2.45) is 0 Å². The Morgan fingerprint density at radius 3 is 2.74 bits per heavy atom. The summed E-state index contributed by atoms with van der Waals surface area (Å²) >= 11 is 5.59. The average Bonchev–Trinajstić information content (AvgIpc) is 2.61. The zero-order valence-corrected chi connectivity index (χ0v) is 15.2. The first-order valence-electron chi connectivity index (χ1n) is 8.45. The van der Waals surface area contributed by atoms with Crippen molar-refractivity contribution in [3.8, 4) is 11.5 Å². The number of thiocarbonyl (C=S) groups is 1. The number of nitrogens with one attached hydrogen (secondary N) is 1. The van der Waals surface area contributed by atoms with Gasteiger partial charge >= 0.3 is 0 Å². The summed E-state index contributed by atoms with van der Waals surface area (Å²) in [5, 5.41) is 4.32. The molecule has 1 fully saturated rings. The lowest BCUT2D eigenvalue weighted by atomic mass is 10.0. The summed E-state index contributed by atoms with van der Waals surface area (Å²) < 4.78 is 10.6. The van der Waals surface area contributed by atoms with E-state index in [1.165, 1.54) is 24.8 Å².